The minimum Gasteiger partial charge on any atom is -0.484 e. The van der Waals surface area contributed by atoms with Crippen molar-refractivity contribution in [2.45, 2.75) is 19.8 Å². The summed E-state index contributed by atoms with van der Waals surface area (Å²) >= 11 is 5.95. The van der Waals surface area contributed by atoms with E-state index < -0.39 is 0 Å². The van der Waals surface area contributed by atoms with Gasteiger partial charge in [-0.05, 0) is 55.3 Å². The van der Waals surface area contributed by atoms with Crippen LogP contribution in [0.2, 0.25) is 5.02 Å². The summed E-state index contributed by atoms with van der Waals surface area (Å²) in [6.07, 6.45) is 3.28. The summed E-state index contributed by atoms with van der Waals surface area (Å²) in [4.78, 5) is 27.2. The number of carbonyl (C=O) groups excluding carboxylic acids is 1. The lowest BCUT2D eigenvalue weighted by Crippen LogP contribution is -2.38. The van der Waals surface area contributed by atoms with Crippen LogP contribution >= 0.6 is 11.6 Å². The third-order valence-electron chi connectivity index (χ3n) is 7.26. The Morgan fingerprint density at radius 3 is 2.46 bits per heavy atom. The zero-order valence-electron chi connectivity index (χ0n) is 22.9. The number of halogens is 1. The van der Waals surface area contributed by atoms with Crippen molar-refractivity contribution < 1.29 is 9.53 Å². The zero-order chi connectivity index (χ0) is 28.2. The van der Waals surface area contributed by atoms with Crippen molar-refractivity contribution >= 4 is 34.4 Å². The van der Waals surface area contributed by atoms with Gasteiger partial charge in [0, 0.05) is 37.6 Å². The van der Waals surface area contributed by atoms with Gasteiger partial charge in [-0.15, -0.1) is 0 Å². The molecule has 0 unspecified atom stereocenters. The second kappa shape index (κ2) is 12.0. The molecule has 0 aliphatic carbocycles. The minimum atomic E-state index is -0.0356. The SMILES string of the molecule is Cc1ccc(Cc2nc(N3CCCN(C(=O)COc4ccc(Cl)cc4)CC3)c3cnn(-c4ccccc4)c3n2)cc1. The second-order valence-electron chi connectivity index (χ2n) is 10.2. The smallest absolute Gasteiger partial charge is 0.260 e. The van der Waals surface area contributed by atoms with Gasteiger partial charge >= 0.3 is 0 Å². The van der Waals surface area contributed by atoms with E-state index in [0.29, 0.717) is 36.8 Å². The van der Waals surface area contributed by atoms with Crippen molar-refractivity contribution in [2.24, 2.45) is 0 Å². The van der Waals surface area contributed by atoms with E-state index in [0.717, 1.165) is 46.9 Å². The Labute approximate surface area is 244 Å². The van der Waals surface area contributed by atoms with E-state index in [4.69, 9.17) is 31.4 Å². The number of ether oxygens (including phenoxy) is 1. The van der Waals surface area contributed by atoms with E-state index in [1.807, 2.05) is 46.1 Å². The van der Waals surface area contributed by atoms with E-state index in [-0.39, 0.29) is 12.5 Å². The number of para-hydroxylation sites is 1. The summed E-state index contributed by atoms with van der Waals surface area (Å²) < 4.78 is 7.59. The Morgan fingerprint density at radius 1 is 0.902 bits per heavy atom. The maximum Gasteiger partial charge on any atom is 0.260 e. The van der Waals surface area contributed by atoms with Crippen LogP contribution in [0.4, 0.5) is 5.82 Å². The molecule has 1 saturated heterocycles. The van der Waals surface area contributed by atoms with Crippen LogP contribution < -0.4 is 9.64 Å². The monoisotopic (exact) mass is 566 g/mol. The number of rotatable bonds is 7. The van der Waals surface area contributed by atoms with E-state index in [9.17, 15) is 4.79 Å². The van der Waals surface area contributed by atoms with Gasteiger partial charge in [0.2, 0.25) is 0 Å². The van der Waals surface area contributed by atoms with Crippen LogP contribution in [0.1, 0.15) is 23.4 Å². The largest absolute Gasteiger partial charge is 0.484 e. The fraction of sp³-hybridized carbons (Fsp3) is 0.250. The number of amides is 1. The molecule has 1 fully saturated rings. The number of benzene rings is 3. The van der Waals surface area contributed by atoms with Crippen LogP contribution in [0.5, 0.6) is 5.75 Å². The average molecular weight is 567 g/mol. The Kier molecular flexibility index (Phi) is 7.82. The van der Waals surface area contributed by atoms with Gasteiger partial charge in [0.25, 0.3) is 5.91 Å². The van der Waals surface area contributed by atoms with Gasteiger partial charge in [-0.25, -0.2) is 14.6 Å². The first-order chi connectivity index (χ1) is 20.0. The van der Waals surface area contributed by atoms with Gasteiger partial charge < -0.3 is 14.5 Å². The van der Waals surface area contributed by atoms with E-state index in [1.54, 1.807) is 24.3 Å². The molecule has 3 aromatic carbocycles. The maximum atomic E-state index is 13.0. The van der Waals surface area contributed by atoms with Crippen molar-refractivity contribution in [1.82, 2.24) is 24.6 Å². The summed E-state index contributed by atoms with van der Waals surface area (Å²) in [6, 6.07) is 25.5. The molecule has 0 atom stereocenters. The van der Waals surface area contributed by atoms with E-state index >= 15 is 0 Å². The Balaban J connectivity index is 1.25. The molecule has 0 radical (unpaired) electrons. The lowest BCUT2D eigenvalue weighted by atomic mass is 10.1. The lowest BCUT2D eigenvalue weighted by Gasteiger charge is -2.24. The van der Waals surface area contributed by atoms with Crippen LogP contribution in [-0.2, 0) is 11.2 Å². The van der Waals surface area contributed by atoms with Crippen LogP contribution in [0.3, 0.4) is 0 Å². The zero-order valence-corrected chi connectivity index (χ0v) is 23.7. The van der Waals surface area contributed by atoms with Crippen molar-refractivity contribution in [3.63, 3.8) is 0 Å². The number of fused-ring (bicyclic) bond motifs is 1. The number of carbonyl (C=O) groups is 1. The molecule has 9 heteroatoms. The summed E-state index contributed by atoms with van der Waals surface area (Å²) in [7, 11) is 0. The standard InChI is InChI=1S/C32H31ClN6O2/c1-23-8-10-24(11-9-23)20-29-35-31(28-21-34-39(32(28)36-29)26-6-3-2-4-7-26)38-17-5-16-37(18-19-38)30(40)22-41-27-14-12-25(33)13-15-27/h2-4,6-15,21H,5,16-20,22H2,1H3. The molecule has 208 valence electrons. The molecule has 1 aliphatic heterocycles. The molecule has 0 N–H and O–H groups in total. The third-order valence-corrected chi connectivity index (χ3v) is 7.51. The van der Waals surface area contributed by atoms with Gasteiger partial charge in [0.15, 0.2) is 12.3 Å². The number of anilines is 1. The predicted octanol–water partition coefficient (Wildman–Crippen LogP) is 5.49. The molecule has 0 spiro atoms. The highest BCUT2D eigenvalue weighted by Gasteiger charge is 2.24. The Morgan fingerprint density at radius 2 is 1.68 bits per heavy atom. The third kappa shape index (κ3) is 6.18. The van der Waals surface area contributed by atoms with Crippen molar-refractivity contribution in [3.8, 4) is 11.4 Å². The number of aromatic nitrogens is 4. The lowest BCUT2D eigenvalue weighted by molar-refractivity contribution is -0.133. The van der Waals surface area contributed by atoms with Gasteiger partial charge in [-0.1, -0.05) is 59.6 Å². The quantitative estimate of drug-likeness (QED) is 0.259. The maximum absolute atomic E-state index is 13.0. The predicted molar refractivity (Wildman–Crippen MR) is 161 cm³/mol. The highest BCUT2D eigenvalue weighted by molar-refractivity contribution is 6.30. The molecule has 1 amide bonds. The number of hydrogen-bond donors (Lipinski definition) is 0. The van der Waals surface area contributed by atoms with Crippen LogP contribution in [0, 0.1) is 6.92 Å². The van der Waals surface area contributed by atoms with Gasteiger partial charge in [0.05, 0.1) is 17.3 Å². The van der Waals surface area contributed by atoms with Crippen LogP contribution in [0.15, 0.2) is 85.1 Å². The Bertz CT molecular complexity index is 1640. The highest BCUT2D eigenvalue weighted by Crippen LogP contribution is 2.27. The van der Waals surface area contributed by atoms with Crippen LogP contribution in [0.25, 0.3) is 16.7 Å². The van der Waals surface area contributed by atoms with E-state index in [1.165, 1.54) is 5.56 Å². The molecule has 8 nitrogen and oxygen atoms in total. The topological polar surface area (TPSA) is 76.4 Å². The fourth-order valence-electron chi connectivity index (χ4n) is 5.05. The minimum absolute atomic E-state index is 0.00999. The molecule has 6 rings (SSSR count). The first-order valence-corrected chi connectivity index (χ1v) is 14.2. The molecule has 5 aromatic rings. The van der Waals surface area contributed by atoms with Crippen molar-refractivity contribution in [1.29, 1.82) is 0 Å². The molecular formula is C32H31ClN6O2. The van der Waals surface area contributed by atoms with E-state index in [2.05, 4.69) is 36.1 Å². The highest BCUT2D eigenvalue weighted by atomic mass is 35.5. The first-order valence-electron chi connectivity index (χ1n) is 13.8. The number of hydrogen-bond acceptors (Lipinski definition) is 6. The normalized spacial score (nSPS) is 13.8. The molecule has 0 saturated carbocycles. The van der Waals surface area contributed by atoms with Crippen molar-refractivity contribution in [3.05, 3.63) is 107 Å². The van der Waals surface area contributed by atoms with Gasteiger partial charge in [0.1, 0.15) is 17.4 Å². The van der Waals surface area contributed by atoms with Crippen LogP contribution in [-0.4, -0.2) is 63.3 Å². The number of nitrogens with zero attached hydrogens (tertiary/aromatic N) is 6. The first kappa shape index (κ1) is 26.8. The molecule has 1 aliphatic rings. The average Bonchev–Trinajstić information content (AvgIpc) is 3.26. The number of aryl methyl sites for hydroxylation is 1. The molecule has 3 heterocycles. The molecular weight excluding hydrogens is 536 g/mol. The summed E-state index contributed by atoms with van der Waals surface area (Å²) in [5.74, 6) is 2.18. The van der Waals surface area contributed by atoms with Gasteiger partial charge in [-0.2, -0.15) is 5.10 Å². The Hall–Kier alpha value is -4.43. The van der Waals surface area contributed by atoms with Gasteiger partial charge in [-0.3, -0.25) is 4.79 Å². The molecule has 0 bridgehead atoms. The fourth-order valence-corrected chi connectivity index (χ4v) is 5.18. The van der Waals surface area contributed by atoms with Crippen molar-refractivity contribution in [2.75, 3.05) is 37.7 Å². The summed E-state index contributed by atoms with van der Waals surface area (Å²) in [6.45, 7) is 4.74. The summed E-state index contributed by atoms with van der Waals surface area (Å²) in [5, 5.41) is 6.23. The second-order valence-corrected chi connectivity index (χ2v) is 10.7. The molecule has 41 heavy (non-hydrogen) atoms. The summed E-state index contributed by atoms with van der Waals surface area (Å²) in [5.41, 5.74) is 4.09. The molecule has 2 aromatic heterocycles.